The van der Waals surface area contributed by atoms with Gasteiger partial charge in [-0.05, 0) is 25.5 Å². The Morgan fingerprint density at radius 3 is 2.38 bits per heavy atom. The van der Waals surface area contributed by atoms with E-state index in [0.717, 1.165) is 19.5 Å². The lowest BCUT2D eigenvalue weighted by Crippen LogP contribution is -2.02. The van der Waals surface area contributed by atoms with Gasteiger partial charge in [-0.3, -0.25) is 0 Å². The van der Waals surface area contributed by atoms with Crippen molar-refractivity contribution >= 4 is 53.6 Å². The van der Waals surface area contributed by atoms with Crippen LogP contribution in [0.4, 0.5) is 0 Å². The van der Waals surface area contributed by atoms with E-state index in [4.69, 9.17) is 0 Å². The fraction of sp³-hybridized carbons (Fsp3) is 0.238. The van der Waals surface area contributed by atoms with Crippen LogP contribution in [0.3, 0.4) is 0 Å². The summed E-state index contributed by atoms with van der Waals surface area (Å²) >= 11 is 1.93. The van der Waals surface area contributed by atoms with Crippen molar-refractivity contribution in [2.75, 3.05) is 0 Å². The predicted molar refractivity (Wildman–Crippen MR) is 106 cm³/mol. The number of fused-ring (bicyclic) bond motifs is 7. The van der Waals surface area contributed by atoms with Crippen molar-refractivity contribution < 1.29 is 0 Å². The fourth-order valence-electron chi connectivity index (χ4n) is 4.12. The number of para-hydroxylation sites is 1. The van der Waals surface area contributed by atoms with Gasteiger partial charge in [-0.15, -0.1) is 11.3 Å². The zero-order valence-corrected chi connectivity index (χ0v) is 14.9. The lowest BCUT2D eigenvalue weighted by atomic mass is 10.1. The molecule has 0 aliphatic carbocycles. The Morgan fingerprint density at radius 1 is 0.833 bits per heavy atom. The number of rotatable bonds is 3. The van der Waals surface area contributed by atoms with Crippen molar-refractivity contribution in [1.29, 1.82) is 0 Å². The second-order valence-corrected chi connectivity index (χ2v) is 7.42. The van der Waals surface area contributed by atoms with Gasteiger partial charge in [0, 0.05) is 39.3 Å². The highest BCUT2D eigenvalue weighted by Gasteiger charge is 2.22. The SMILES string of the molecule is CCCn1c2ccccc2c2c3c4ccccc4sc3n(CC)c21. The van der Waals surface area contributed by atoms with Crippen LogP contribution in [0.2, 0.25) is 0 Å². The molecule has 3 heteroatoms. The second kappa shape index (κ2) is 5.12. The molecule has 0 N–H and O–H groups in total. The predicted octanol–water partition coefficient (Wildman–Crippen LogP) is 6.39. The van der Waals surface area contributed by atoms with Gasteiger partial charge in [0.15, 0.2) is 0 Å². The first-order valence-electron chi connectivity index (χ1n) is 8.75. The summed E-state index contributed by atoms with van der Waals surface area (Å²) in [5, 5.41) is 5.67. The topological polar surface area (TPSA) is 9.86 Å². The maximum Gasteiger partial charge on any atom is 0.122 e. The number of aromatic nitrogens is 2. The van der Waals surface area contributed by atoms with Crippen molar-refractivity contribution in [2.45, 2.75) is 33.4 Å². The molecule has 0 saturated carbocycles. The van der Waals surface area contributed by atoms with Crippen LogP contribution in [0.25, 0.3) is 42.2 Å². The van der Waals surface area contributed by atoms with Crippen LogP contribution >= 0.6 is 11.3 Å². The summed E-state index contributed by atoms with van der Waals surface area (Å²) in [4.78, 5) is 1.42. The van der Waals surface area contributed by atoms with Gasteiger partial charge < -0.3 is 9.13 Å². The van der Waals surface area contributed by atoms with E-state index in [2.05, 4.69) is 71.5 Å². The normalized spacial score (nSPS) is 12.2. The Kier molecular flexibility index (Phi) is 3.01. The molecule has 120 valence electrons. The first-order valence-corrected chi connectivity index (χ1v) is 9.57. The average molecular weight is 332 g/mol. The largest absolute Gasteiger partial charge is 0.327 e. The third-order valence-corrected chi connectivity index (χ3v) is 6.23. The van der Waals surface area contributed by atoms with Gasteiger partial charge in [0.2, 0.25) is 0 Å². The average Bonchev–Trinajstić information content (AvgIpc) is 3.22. The Morgan fingerprint density at radius 2 is 1.58 bits per heavy atom. The number of aryl methyl sites for hydroxylation is 2. The van der Waals surface area contributed by atoms with Crippen molar-refractivity contribution in [1.82, 2.24) is 9.13 Å². The zero-order chi connectivity index (χ0) is 16.3. The van der Waals surface area contributed by atoms with Crippen LogP contribution in [0.5, 0.6) is 0 Å². The second-order valence-electron chi connectivity index (χ2n) is 6.39. The Hall–Kier alpha value is -2.26. The highest BCUT2D eigenvalue weighted by Crippen LogP contribution is 2.44. The molecule has 0 saturated heterocycles. The van der Waals surface area contributed by atoms with Gasteiger partial charge in [0.25, 0.3) is 0 Å². The Balaban J connectivity index is 2.12. The van der Waals surface area contributed by atoms with Crippen molar-refractivity contribution in [2.24, 2.45) is 0 Å². The fourth-order valence-corrected chi connectivity index (χ4v) is 5.40. The molecule has 0 aliphatic rings. The summed E-state index contributed by atoms with van der Waals surface area (Å²) in [6, 6.07) is 17.7. The summed E-state index contributed by atoms with van der Waals surface area (Å²) in [6.07, 6.45) is 1.15. The van der Waals surface area contributed by atoms with E-state index in [1.54, 1.807) is 0 Å². The van der Waals surface area contributed by atoms with Gasteiger partial charge in [-0.25, -0.2) is 0 Å². The standard InChI is InChI=1S/C21H20N2S/c1-3-13-23-16-11-7-5-9-14(16)18-19-15-10-6-8-12-17(15)24-21(19)22(4-2)20(18)23/h5-12H,3-4,13H2,1-2H3. The molecule has 24 heavy (non-hydrogen) atoms. The molecule has 0 fully saturated rings. The van der Waals surface area contributed by atoms with E-state index in [0.29, 0.717) is 0 Å². The molecule has 3 heterocycles. The van der Waals surface area contributed by atoms with E-state index in [1.165, 1.54) is 42.2 Å². The maximum atomic E-state index is 2.52. The lowest BCUT2D eigenvalue weighted by Gasteiger charge is -2.08. The van der Waals surface area contributed by atoms with Crippen molar-refractivity contribution in [3.05, 3.63) is 48.5 Å². The van der Waals surface area contributed by atoms with Gasteiger partial charge in [-0.2, -0.15) is 0 Å². The molecule has 0 atom stereocenters. The Bertz CT molecular complexity index is 1200. The van der Waals surface area contributed by atoms with Crippen molar-refractivity contribution in [3.63, 3.8) is 0 Å². The number of nitrogens with zero attached hydrogens (tertiary/aromatic N) is 2. The first-order chi connectivity index (χ1) is 11.8. The van der Waals surface area contributed by atoms with Crippen molar-refractivity contribution in [3.8, 4) is 0 Å². The minimum atomic E-state index is 1.01. The summed E-state index contributed by atoms with van der Waals surface area (Å²) in [5.41, 5.74) is 2.76. The zero-order valence-electron chi connectivity index (χ0n) is 14.0. The van der Waals surface area contributed by atoms with Gasteiger partial charge >= 0.3 is 0 Å². The quantitative estimate of drug-likeness (QED) is 0.362. The molecule has 2 aromatic carbocycles. The molecule has 0 unspecified atom stereocenters. The Labute approximate surface area is 144 Å². The summed E-state index contributed by atoms with van der Waals surface area (Å²) < 4.78 is 6.43. The molecule has 3 aromatic heterocycles. The van der Waals surface area contributed by atoms with Gasteiger partial charge in [0.05, 0.1) is 5.52 Å². The van der Waals surface area contributed by atoms with Crippen LogP contribution in [0.15, 0.2) is 48.5 Å². The van der Waals surface area contributed by atoms with E-state index in [9.17, 15) is 0 Å². The summed E-state index contributed by atoms with van der Waals surface area (Å²) in [5.74, 6) is 0. The smallest absolute Gasteiger partial charge is 0.122 e. The number of benzene rings is 2. The number of hydrogen-bond donors (Lipinski definition) is 0. The number of hydrogen-bond acceptors (Lipinski definition) is 1. The van der Waals surface area contributed by atoms with E-state index < -0.39 is 0 Å². The van der Waals surface area contributed by atoms with E-state index in [1.807, 2.05) is 11.3 Å². The van der Waals surface area contributed by atoms with Crippen LogP contribution < -0.4 is 0 Å². The molecule has 0 bridgehead atoms. The summed E-state index contributed by atoms with van der Waals surface area (Å²) in [7, 11) is 0. The molecule has 5 rings (SSSR count). The molecule has 5 aromatic rings. The van der Waals surface area contributed by atoms with Gasteiger partial charge in [-0.1, -0.05) is 43.3 Å². The lowest BCUT2D eigenvalue weighted by molar-refractivity contribution is 0.693. The number of thiophene rings is 1. The third kappa shape index (κ3) is 1.65. The third-order valence-electron chi connectivity index (χ3n) is 5.03. The van der Waals surface area contributed by atoms with Crippen LogP contribution in [-0.4, -0.2) is 9.13 Å². The van der Waals surface area contributed by atoms with E-state index >= 15 is 0 Å². The van der Waals surface area contributed by atoms with Crippen LogP contribution in [0.1, 0.15) is 20.3 Å². The van der Waals surface area contributed by atoms with Gasteiger partial charge in [0.1, 0.15) is 10.5 Å². The molecule has 0 spiro atoms. The minimum absolute atomic E-state index is 1.01. The highest BCUT2D eigenvalue weighted by atomic mass is 32.1. The molecular weight excluding hydrogens is 312 g/mol. The molecule has 0 aliphatic heterocycles. The maximum absolute atomic E-state index is 2.52. The van der Waals surface area contributed by atoms with Crippen LogP contribution in [0, 0.1) is 0 Å². The molecule has 0 amide bonds. The highest BCUT2D eigenvalue weighted by molar-refractivity contribution is 7.25. The molecular formula is C21H20N2S. The first kappa shape index (κ1) is 14.1. The molecule has 0 radical (unpaired) electrons. The monoisotopic (exact) mass is 332 g/mol. The molecule has 2 nitrogen and oxygen atoms in total. The van der Waals surface area contributed by atoms with Crippen LogP contribution in [-0.2, 0) is 13.1 Å². The summed E-state index contributed by atoms with van der Waals surface area (Å²) in [6.45, 7) is 6.60. The van der Waals surface area contributed by atoms with E-state index in [-0.39, 0.29) is 0 Å². The minimum Gasteiger partial charge on any atom is -0.327 e.